The van der Waals surface area contributed by atoms with Crippen LogP contribution in [-0.4, -0.2) is 39.5 Å². The number of anilines is 1. The number of rotatable bonds is 2. The van der Waals surface area contributed by atoms with Gasteiger partial charge in [0.2, 0.25) is 5.95 Å². The van der Waals surface area contributed by atoms with Crippen LogP contribution in [0.4, 0.5) is 5.95 Å². The van der Waals surface area contributed by atoms with Crippen LogP contribution in [0.2, 0.25) is 0 Å². The van der Waals surface area contributed by atoms with Crippen LogP contribution in [0.3, 0.4) is 0 Å². The molecule has 94 valence electrons. The zero-order chi connectivity index (χ0) is 12.5. The van der Waals surface area contributed by atoms with Gasteiger partial charge in [0.15, 0.2) is 0 Å². The highest BCUT2D eigenvalue weighted by Crippen LogP contribution is 2.23. The summed E-state index contributed by atoms with van der Waals surface area (Å²) >= 11 is 0. The average molecular weight is 244 g/mol. The lowest BCUT2D eigenvalue weighted by Gasteiger charge is -2.17. The minimum absolute atomic E-state index is 0.275. The lowest BCUT2D eigenvalue weighted by atomic mass is 10.0. The summed E-state index contributed by atoms with van der Waals surface area (Å²) in [6.45, 7) is 3.53. The summed E-state index contributed by atoms with van der Waals surface area (Å²) in [5.41, 5.74) is 1.68. The topological polar surface area (TPSA) is 62.1 Å². The molecule has 1 saturated heterocycles. The van der Waals surface area contributed by atoms with E-state index in [0.29, 0.717) is 11.9 Å². The van der Waals surface area contributed by atoms with Gasteiger partial charge in [-0.05, 0) is 25.5 Å². The molecule has 18 heavy (non-hydrogen) atoms. The smallest absolute Gasteiger partial charge is 0.245 e. The van der Waals surface area contributed by atoms with E-state index in [1.807, 2.05) is 31.2 Å². The van der Waals surface area contributed by atoms with Crippen molar-refractivity contribution in [1.82, 2.24) is 15.2 Å². The molecule has 3 rings (SSSR count). The average Bonchev–Trinajstić information content (AvgIpc) is 2.88. The maximum absolute atomic E-state index is 9.61. The summed E-state index contributed by atoms with van der Waals surface area (Å²) in [7, 11) is 0. The second-order valence-corrected chi connectivity index (χ2v) is 4.84. The highest BCUT2D eigenvalue weighted by molar-refractivity contribution is 5.74. The molecular formula is C13H16N4O. The van der Waals surface area contributed by atoms with Gasteiger partial charge in [-0.3, -0.25) is 0 Å². The second-order valence-electron chi connectivity index (χ2n) is 4.84. The molecule has 0 aliphatic carbocycles. The number of fused-ring (bicyclic) bond motifs is 1. The van der Waals surface area contributed by atoms with Crippen molar-refractivity contribution in [2.45, 2.75) is 19.4 Å². The first kappa shape index (κ1) is 11.3. The Bertz CT molecular complexity index is 557. The van der Waals surface area contributed by atoms with Crippen LogP contribution in [0, 0.1) is 5.92 Å². The second kappa shape index (κ2) is 4.49. The van der Waals surface area contributed by atoms with E-state index in [-0.39, 0.29) is 6.10 Å². The summed E-state index contributed by atoms with van der Waals surface area (Å²) in [4.78, 5) is 6.62. The predicted molar refractivity (Wildman–Crippen MR) is 69.3 cm³/mol. The number of benzene rings is 1. The van der Waals surface area contributed by atoms with Crippen LogP contribution >= 0.6 is 0 Å². The highest BCUT2D eigenvalue weighted by Gasteiger charge is 2.27. The first-order valence-corrected chi connectivity index (χ1v) is 6.26. The van der Waals surface area contributed by atoms with Gasteiger partial charge in [-0.25, -0.2) is 4.98 Å². The van der Waals surface area contributed by atoms with Gasteiger partial charge in [0.05, 0.1) is 11.6 Å². The fraction of sp³-hybridized carbons (Fsp3) is 0.462. The summed E-state index contributed by atoms with van der Waals surface area (Å²) < 4.78 is 0. The fourth-order valence-corrected chi connectivity index (χ4v) is 2.37. The fourth-order valence-electron chi connectivity index (χ4n) is 2.37. The van der Waals surface area contributed by atoms with Gasteiger partial charge in [-0.2, -0.15) is 0 Å². The molecule has 5 heteroatoms. The van der Waals surface area contributed by atoms with Crippen molar-refractivity contribution in [2.75, 3.05) is 18.0 Å². The normalized spacial score (nSPS) is 21.4. The largest absolute Gasteiger partial charge is 0.393 e. The summed E-state index contributed by atoms with van der Waals surface area (Å²) in [6.07, 6.45) is 0.705. The van der Waals surface area contributed by atoms with E-state index in [0.717, 1.165) is 30.5 Å². The predicted octanol–water partition coefficient (Wildman–Crippen LogP) is 1.23. The van der Waals surface area contributed by atoms with Gasteiger partial charge in [-0.15, -0.1) is 10.2 Å². The molecule has 1 aromatic carbocycles. The molecule has 2 heterocycles. The molecular weight excluding hydrogens is 228 g/mol. The van der Waals surface area contributed by atoms with E-state index in [1.54, 1.807) is 0 Å². The number of aromatic nitrogens is 3. The minimum Gasteiger partial charge on any atom is -0.393 e. The lowest BCUT2D eigenvalue weighted by molar-refractivity contribution is 0.136. The Morgan fingerprint density at radius 3 is 2.78 bits per heavy atom. The first-order chi connectivity index (χ1) is 8.74. The molecule has 1 aromatic heterocycles. The molecule has 2 unspecified atom stereocenters. The maximum atomic E-state index is 9.61. The van der Waals surface area contributed by atoms with Crippen molar-refractivity contribution in [3.8, 4) is 0 Å². The molecule has 1 fully saturated rings. The number of aliphatic hydroxyl groups is 1. The van der Waals surface area contributed by atoms with Crippen LogP contribution in [0.25, 0.3) is 11.0 Å². The van der Waals surface area contributed by atoms with Crippen LogP contribution < -0.4 is 4.90 Å². The monoisotopic (exact) mass is 244 g/mol. The molecule has 1 aliphatic heterocycles. The van der Waals surface area contributed by atoms with E-state index in [9.17, 15) is 5.11 Å². The number of nitrogens with zero attached hydrogens (tertiary/aromatic N) is 4. The van der Waals surface area contributed by atoms with Gasteiger partial charge in [-0.1, -0.05) is 12.1 Å². The van der Waals surface area contributed by atoms with Gasteiger partial charge in [0.1, 0.15) is 5.52 Å². The van der Waals surface area contributed by atoms with Gasteiger partial charge >= 0.3 is 0 Å². The van der Waals surface area contributed by atoms with Gasteiger partial charge < -0.3 is 10.0 Å². The van der Waals surface area contributed by atoms with E-state index in [2.05, 4.69) is 20.1 Å². The SMILES string of the molecule is CC(O)C1CCN(c2nnc3ccccc3n2)C1. The third-order valence-electron chi connectivity index (χ3n) is 3.54. The van der Waals surface area contributed by atoms with Crippen molar-refractivity contribution in [2.24, 2.45) is 5.92 Å². The lowest BCUT2D eigenvalue weighted by Crippen LogP contribution is -2.25. The third kappa shape index (κ3) is 2.01. The molecule has 1 N–H and O–H groups in total. The molecule has 1 aliphatic rings. The van der Waals surface area contributed by atoms with Crippen LogP contribution in [-0.2, 0) is 0 Å². The third-order valence-corrected chi connectivity index (χ3v) is 3.54. The van der Waals surface area contributed by atoms with Crippen molar-refractivity contribution < 1.29 is 5.11 Å². The maximum Gasteiger partial charge on any atom is 0.245 e. The Morgan fingerprint density at radius 2 is 2.06 bits per heavy atom. The van der Waals surface area contributed by atoms with Crippen LogP contribution in [0.15, 0.2) is 24.3 Å². The Kier molecular flexibility index (Phi) is 2.83. The number of aliphatic hydroxyl groups excluding tert-OH is 1. The van der Waals surface area contributed by atoms with Crippen molar-refractivity contribution in [3.05, 3.63) is 24.3 Å². The van der Waals surface area contributed by atoms with Gasteiger partial charge in [0.25, 0.3) is 0 Å². The van der Waals surface area contributed by atoms with E-state index < -0.39 is 0 Å². The first-order valence-electron chi connectivity index (χ1n) is 6.26. The Morgan fingerprint density at radius 1 is 1.28 bits per heavy atom. The number of hydrogen-bond donors (Lipinski definition) is 1. The molecule has 0 spiro atoms. The standard InChI is InChI=1S/C13H16N4O/c1-9(18)10-6-7-17(8-10)13-14-11-4-2-3-5-12(11)15-16-13/h2-5,9-10,18H,6-8H2,1H3. The molecule has 0 bridgehead atoms. The van der Waals surface area contributed by atoms with E-state index in [4.69, 9.17) is 0 Å². The quantitative estimate of drug-likeness (QED) is 0.861. The Hall–Kier alpha value is -1.75. The van der Waals surface area contributed by atoms with Crippen LogP contribution in [0.1, 0.15) is 13.3 Å². The van der Waals surface area contributed by atoms with Gasteiger partial charge in [0, 0.05) is 19.0 Å². The molecule has 5 nitrogen and oxygen atoms in total. The number of hydrogen-bond acceptors (Lipinski definition) is 5. The summed E-state index contributed by atoms with van der Waals surface area (Å²) in [6, 6.07) is 7.72. The summed E-state index contributed by atoms with van der Waals surface area (Å²) in [5, 5.41) is 18.0. The van der Waals surface area contributed by atoms with Crippen molar-refractivity contribution in [1.29, 1.82) is 0 Å². The summed E-state index contributed by atoms with van der Waals surface area (Å²) in [5.74, 6) is 0.969. The zero-order valence-corrected chi connectivity index (χ0v) is 10.3. The van der Waals surface area contributed by atoms with E-state index >= 15 is 0 Å². The number of para-hydroxylation sites is 1. The van der Waals surface area contributed by atoms with E-state index in [1.165, 1.54) is 0 Å². The molecule has 2 atom stereocenters. The van der Waals surface area contributed by atoms with Crippen LogP contribution in [0.5, 0.6) is 0 Å². The zero-order valence-electron chi connectivity index (χ0n) is 10.3. The molecule has 0 saturated carbocycles. The Labute approximate surface area is 105 Å². The van der Waals surface area contributed by atoms with Crippen molar-refractivity contribution in [3.63, 3.8) is 0 Å². The minimum atomic E-state index is -0.275. The van der Waals surface area contributed by atoms with Crippen molar-refractivity contribution >= 4 is 17.0 Å². The molecule has 0 radical (unpaired) electrons. The molecule has 2 aromatic rings. The Balaban J connectivity index is 1.87. The molecule has 0 amide bonds. The highest BCUT2D eigenvalue weighted by atomic mass is 16.3.